The molecular weight excluding hydrogens is 272 g/mol. The molecule has 1 aliphatic heterocycles. The zero-order valence-electron chi connectivity index (χ0n) is 12.1. The third-order valence-electron chi connectivity index (χ3n) is 4.00. The van der Waals surface area contributed by atoms with Crippen LogP contribution in [-0.2, 0) is 19.4 Å². The smallest absolute Gasteiger partial charge is 0.333 e. The summed E-state index contributed by atoms with van der Waals surface area (Å²) < 4.78 is 26.4. The first-order valence-corrected chi connectivity index (χ1v) is 7.37. The number of fused-ring (bicyclic) bond motifs is 1. The number of alkyl halides is 2. The Labute approximate surface area is 123 Å². The number of aryl methyl sites for hydroxylation is 2. The first-order valence-electron chi connectivity index (χ1n) is 7.37. The zero-order chi connectivity index (χ0) is 14.8. The lowest BCUT2D eigenvalue weighted by molar-refractivity contribution is 0.0561. The number of rotatable bonds is 4. The summed E-state index contributed by atoms with van der Waals surface area (Å²) in [7, 11) is 0. The van der Waals surface area contributed by atoms with Crippen LogP contribution in [-0.4, -0.2) is 16.3 Å². The number of aromatic nitrogens is 2. The van der Waals surface area contributed by atoms with Crippen molar-refractivity contribution in [1.82, 2.24) is 9.78 Å². The molecule has 21 heavy (non-hydrogen) atoms. The van der Waals surface area contributed by atoms with Gasteiger partial charge in [-0.15, -0.1) is 0 Å². The molecule has 1 aromatic heterocycles. The number of hydrogen-bond donors (Lipinski definition) is 0. The lowest BCUT2D eigenvalue weighted by Gasteiger charge is -2.31. The van der Waals surface area contributed by atoms with Gasteiger partial charge in [-0.05, 0) is 30.9 Å². The Kier molecular flexibility index (Phi) is 3.90. The van der Waals surface area contributed by atoms with E-state index in [4.69, 9.17) is 0 Å². The van der Waals surface area contributed by atoms with Crippen LogP contribution in [0.15, 0.2) is 30.5 Å². The SMILES string of the molecule is CCc1nn(C(F)F)cc1CN1CCCc2ccccc21. The maximum atomic E-state index is 12.8. The first-order chi connectivity index (χ1) is 10.2. The van der Waals surface area contributed by atoms with Gasteiger partial charge in [0.2, 0.25) is 0 Å². The Hall–Kier alpha value is -1.91. The molecule has 3 nitrogen and oxygen atoms in total. The number of hydrogen-bond acceptors (Lipinski definition) is 2. The number of anilines is 1. The van der Waals surface area contributed by atoms with Crippen molar-refractivity contribution in [3.63, 3.8) is 0 Å². The molecule has 0 fully saturated rings. The van der Waals surface area contributed by atoms with Gasteiger partial charge in [-0.2, -0.15) is 13.9 Å². The molecule has 112 valence electrons. The van der Waals surface area contributed by atoms with Gasteiger partial charge in [-0.25, -0.2) is 4.68 Å². The Balaban J connectivity index is 1.87. The van der Waals surface area contributed by atoms with Crippen LogP contribution in [0.1, 0.15) is 36.7 Å². The minimum Gasteiger partial charge on any atom is -0.367 e. The molecule has 0 amide bonds. The molecule has 0 spiro atoms. The van der Waals surface area contributed by atoms with E-state index in [0.29, 0.717) is 13.0 Å². The van der Waals surface area contributed by atoms with E-state index in [1.54, 1.807) is 0 Å². The zero-order valence-corrected chi connectivity index (χ0v) is 12.1. The summed E-state index contributed by atoms with van der Waals surface area (Å²) in [6, 6.07) is 8.33. The van der Waals surface area contributed by atoms with Gasteiger partial charge >= 0.3 is 6.55 Å². The summed E-state index contributed by atoms with van der Waals surface area (Å²) in [5.74, 6) is 0. The van der Waals surface area contributed by atoms with Crippen LogP contribution in [0, 0.1) is 0 Å². The third-order valence-corrected chi connectivity index (χ3v) is 4.00. The molecule has 0 radical (unpaired) electrons. The van der Waals surface area contributed by atoms with E-state index in [0.717, 1.165) is 35.3 Å². The fourth-order valence-corrected chi connectivity index (χ4v) is 2.98. The van der Waals surface area contributed by atoms with Crippen molar-refractivity contribution in [2.75, 3.05) is 11.4 Å². The molecule has 0 saturated carbocycles. The molecule has 0 bridgehead atoms. The van der Waals surface area contributed by atoms with Gasteiger partial charge in [-0.1, -0.05) is 25.1 Å². The third kappa shape index (κ3) is 2.77. The predicted molar refractivity (Wildman–Crippen MR) is 78.7 cm³/mol. The first kappa shape index (κ1) is 14.0. The van der Waals surface area contributed by atoms with Crippen molar-refractivity contribution < 1.29 is 8.78 Å². The van der Waals surface area contributed by atoms with Crippen LogP contribution < -0.4 is 4.90 Å². The van der Waals surface area contributed by atoms with Crippen molar-refractivity contribution in [2.45, 2.75) is 39.3 Å². The topological polar surface area (TPSA) is 21.1 Å². The highest BCUT2D eigenvalue weighted by Gasteiger charge is 2.20. The maximum absolute atomic E-state index is 12.8. The van der Waals surface area contributed by atoms with Gasteiger partial charge in [0.25, 0.3) is 0 Å². The van der Waals surface area contributed by atoms with Crippen LogP contribution in [0.25, 0.3) is 0 Å². The van der Waals surface area contributed by atoms with E-state index in [2.05, 4.69) is 28.2 Å². The Morgan fingerprint density at radius 1 is 1.29 bits per heavy atom. The lowest BCUT2D eigenvalue weighted by atomic mass is 10.0. The highest BCUT2D eigenvalue weighted by Crippen LogP contribution is 2.29. The molecule has 3 rings (SSSR count). The fourth-order valence-electron chi connectivity index (χ4n) is 2.98. The number of benzene rings is 1. The summed E-state index contributed by atoms with van der Waals surface area (Å²) >= 11 is 0. The molecule has 0 aliphatic carbocycles. The lowest BCUT2D eigenvalue weighted by Crippen LogP contribution is -2.28. The van der Waals surface area contributed by atoms with E-state index in [1.165, 1.54) is 17.4 Å². The number of halogens is 2. The predicted octanol–water partition coefficient (Wildman–Crippen LogP) is 3.79. The monoisotopic (exact) mass is 291 g/mol. The summed E-state index contributed by atoms with van der Waals surface area (Å²) in [6.07, 6.45) is 4.34. The standard InChI is InChI=1S/C16H19F2N3/c1-2-14-13(11-21(19-14)16(17)18)10-20-9-5-7-12-6-3-4-8-15(12)20/h3-4,6,8,11,16H,2,5,7,9-10H2,1H3. The summed E-state index contributed by atoms with van der Waals surface area (Å²) in [5.41, 5.74) is 4.21. The minimum absolute atomic E-state index is 0.646. The van der Waals surface area contributed by atoms with Gasteiger partial charge < -0.3 is 4.90 Å². The van der Waals surface area contributed by atoms with Crippen LogP contribution in [0.2, 0.25) is 0 Å². The molecule has 2 heterocycles. The second-order valence-corrected chi connectivity index (χ2v) is 5.37. The Bertz CT molecular complexity index is 622. The average Bonchev–Trinajstić information content (AvgIpc) is 2.91. The van der Waals surface area contributed by atoms with E-state index in [1.807, 2.05) is 13.0 Å². The Morgan fingerprint density at radius 3 is 2.86 bits per heavy atom. The van der Waals surface area contributed by atoms with E-state index in [-0.39, 0.29) is 0 Å². The molecule has 0 saturated heterocycles. The molecular formula is C16H19F2N3. The van der Waals surface area contributed by atoms with Crippen molar-refractivity contribution >= 4 is 5.69 Å². The average molecular weight is 291 g/mol. The fraction of sp³-hybridized carbons (Fsp3) is 0.438. The molecule has 0 N–H and O–H groups in total. The van der Waals surface area contributed by atoms with E-state index >= 15 is 0 Å². The van der Waals surface area contributed by atoms with Gasteiger partial charge in [-0.3, -0.25) is 0 Å². The molecule has 2 aromatic rings. The van der Waals surface area contributed by atoms with Crippen LogP contribution >= 0.6 is 0 Å². The van der Waals surface area contributed by atoms with Crippen LogP contribution in [0.3, 0.4) is 0 Å². The molecule has 5 heteroatoms. The van der Waals surface area contributed by atoms with Gasteiger partial charge in [0.05, 0.1) is 5.69 Å². The summed E-state index contributed by atoms with van der Waals surface area (Å²) in [6.45, 7) is 0.983. The van der Waals surface area contributed by atoms with Gasteiger partial charge in [0.1, 0.15) is 0 Å². The normalized spacial score (nSPS) is 14.6. The van der Waals surface area contributed by atoms with Crippen molar-refractivity contribution in [3.05, 3.63) is 47.3 Å². The molecule has 0 unspecified atom stereocenters. The largest absolute Gasteiger partial charge is 0.367 e. The second-order valence-electron chi connectivity index (χ2n) is 5.37. The van der Waals surface area contributed by atoms with Gasteiger partial charge in [0, 0.05) is 30.5 Å². The number of para-hydroxylation sites is 1. The second kappa shape index (κ2) is 5.84. The highest BCUT2D eigenvalue weighted by atomic mass is 19.3. The summed E-state index contributed by atoms with van der Waals surface area (Å²) in [4.78, 5) is 2.27. The van der Waals surface area contributed by atoms with Crippen molar-refractivity contribution in [1.29, 1.82) is 0 Å². The van der Waals surface area contributed by atoms with E-state index in [9.17, 15) is 8.78 Å². The highest BCUT2D eigenvalue weighted by molar-refractivity contribution is 5.55. The molecule has 1 aliphatic rings. The Morgan fingerprint density at radius 2 is 2.10 bits per heavy atom. The van der Waals surface area contributed by atoms with Crippen LogP contribution in [0.5, 0.6) is 0 Å². The minimum atomic E-state index is -2.57. The van der Waals surface area contributed by atoms with E-state index < -0.39 is 6.55 Å². The maximum Gasteiger partial charge on any atom is 0.333 e. The number of nitrogens with zero attached hydrogens (tertiary/aromatic N) is 3. The molecule has 1 aromatic carbocycles. The van der Waals surface area contributed by atoms with Crippen molar-refractivity contribution in [3.8, 4) is 0 Å². The summed E-state index contributed by atoms with van der Waals surface area (Å²) in [5, 5.41) is 3.99. The van der Waals surface area contributed by atoms with Crippen molar-refractivity contribution in [2.24, 2.45) is 0 Å². The quantitative estimate of drug-likeness (QED) is 0.854. The molecule has 0 atom stereocenters. The van der Waals surface area contributed by atoms with Crippen LogP contribution in [0.4, 0.5) is 14.5 Å². The van der Waals surface area contributed by atoms with Gasteiger partial charge in [0.15, 0.2) is 0 Å².